The van der Waals surface area contributed by atoms with E-state index in [1.165, 1.54) is 25.7 Å². The maximum absolute atomic E-state index is 13.1. The Morgan fingerprint density at radius 1 is 0.868 bits per heavy atom. The SMILES string of the molecule is CC(C)(C)OC(=O)N[C@H](Cc1c[nH]c2ccccc12)C(=O)NCCCCCCCCCCCCOP(=O)(O)Oc1ccccc1Cl.CCN(CC)CC. The van der Waals surface area contributed by atoms with Gasteiger partial charge in [0.1, 0.15) is 17.4 Å². The number of hydrogen-bond donors (Lipinski definition) is 4. The largest absolute Gasteiger partial charge is 0.527 e. The van der Waals surface area contributed by atoms with Gasteiger partial charge in [-0.3, -0.25) is 14.2 Å². The third kappa shape index (κ3) is 19.7. The molecule has 0 aliphatic carbocycles. The van der Waals surface area contributed by atoms with Crippen molar-refractivity contribution in [2.24, 2.45) is 0 Å². The Kier molecular flexibility index (Phi) is 21.8. The summed E-state index contributed by atoms with van der Waals surface area (Å²) in [5.74, 6) is -0.102. The molecule has 2 aromatic carbocycles. The highest BCUT2D eigenvalue weighted by molar-refractivity contribution is 7.47. The van der Waals surface area contributed by atoms with Crippen LogP contribution in [-0.2, 0) is 25.0 Å². The summed E-state index contributed by atoms with van der Waals surface area (Å²) in [5, 5.41) is 7.03. The van der Waals surface area contributed by atoms with Crippen molar-refractivity contribution in [2.75, 3.05) is 32.8 Å². The first-order valence-corrected chi connectivity index (χ1v) is 21.1. The van der Waals surface area contributed by atoms with E-state index in [4.69, 9.17) is 25.4 Å². The van der Waals surface area contributed by atoms with Crippen LogP contribution in [0.5, 0.6) is 5.75 Å². The summed E-state index contributed by atoms with van der Waals surface area (Å²) in [6.07, 6.45) is 11.7. The Morgan fingerprint density at radius 2 is 1.43 bits per heavy atom. The molecule has 1 unspecified atom stereocenters. The summed E-state index contributed by atoms with van der Waals surface area (Å²) >= 11 is 5.96. The highest BCUT2D eigenvalue weighted by Gasteiger charge is 2.26. The second kappa shape index (κ2) is 25.1. The van der Waals surface area contributed by atoms with E-state index in [2.05, 4.69) is 41.3 Å². The molecular formula is C40H64ClN4O7P. The number of halogens is 1. The summed E-state index contributed by atoms with van der Waals surface area (Å²) in [6.45, 7) is 16.2. The van der Waals surface area contributed by atoms with Gasteiger partial charge in [0.2, 0.25) is 5.91 Å². The van der Waals surface area contributed by atoms with Crippen LogP contribution in [0, 0.1) is 0 Å². The quantitative estimate of drug-likeness (QED) is 0.0551. The lowest BCUT2D eigenvalue weighted by atomic mass is 10.0. The third-order valence-corrected chi connectivity index (χ3v) is 9.87. The van der Waals surface area contributed by atoms with Gasteiger partial charge in [0, 0.05) is 30.1 Å². The maximum Gasteiger partial charge on any atom is 0.527 e. The number of benzene rings is 2. The first-order chi connectivity index (χ1) is 25.3. The molecule has 13 heteroatoms. The highest BCUT2D eigenvalue weighted by Crippen LogP contribution is 2.45. The number of rotatable bonds is 23. The van der Waals surface area contributed by atoms with E-state index in [1.54, 1.807) is 39.0 Å². The predicted octanol–water partition coefficient (Wildman–Crippen LogP) is 9.82. The second-order valence-electron chi connectivity index (χ2n) is 14.0. The number of unbranched alkanes of at least 4 members (excludes halogenated alkanes) is 9. The van der Waals surface area contributed by atoms with Gasteiger partial charge in [-0.2, -0.15) is 0 Å². The molecule has 3 rings (SSSR count). The minimum Gasteiger partial charge on any atom is -0.444 e. The van der Waals surface area contributed by atoms with Gasteiger partial charge in [-0.1, -0.05) is 114 Å². The molecule has 11 nitrogen and oxygen atoms in total. The van der Waals surface area contributed by atoms with Gasteiger partial charge in [-0.05, 0) is 77.0 Å². The standard InChI is InChI=1S/C34H49ClN3O7P.C6H15N/c1-34(2,3)44-33(40)38-30(24-26-25-37-29-20-14-12-18-27(26)29)32(39)36-22-16-10-8-6-4-5-7-9-11-17-23-43-46(41,42)45-31-21-15-13-19-28(31)35;1-4-7(5-2)6-3/h12-15,18-21,25,30,37H,4-11,16-17,22-24H2,1-3H3,(H,36,39)(H,38,40)(H,41,42);4-6H2,1-3H3/t30-;/m1./s1. The lowest BCUT2D eigenvalue weighted by Crippen LogP contribution is -2.49. The van der Waals surface area contributed by atoms with Gasteiger partial charge in [0.15, 0.2) is 0 Å². The molecule has 3 aromatic rings. The fourth-order valence-electron chi connectivity index (χ4n) is 5.68. The van der Waals surface area contributed by atoms with Crippen LogP contribution in [0.3, 0.4) is 0 Å². The number of H-pyrrole nitrogens is 1. The first kappa shape index (κ1) is 46.1. The van der Waals surface area contributed by atoms with E-state index in [1.807, 2.05) is 30.5 Å². The molecule has 0 radical (unpaired) electrons. The molecule has 0 fully saturated rings. The van der Waals surface area contributed by atoms with Crippen molar-refractivity contribution in [1.29, 1.82) is 0 Å². The van der Waals surface area contributed by atoms with E-state index in [9.17, 15) is 19.0 Å². The van der Waals surface area contributed by atoms with E-state index >= 15 is 0 Å². The molecule has 0 saturated carbocycles. The van der Waals surface area contributed by atoms with Crippen molar-refractivity contribution in [3.05, 3.63) is 65.3 Å². The number of carbonyl (C=O) groups excluding carboxylic acids is 2. The number of ether oxygens (including phenoxy) is 1. The smallest absolute Gasteiger partial charge is 0.444 e. The average Bonchev–Trinajstić information content (AvgIpc) is 3.51. The number of hydrogen-bond acceptors (Lipinski definition) is 7. The van der Waals surface area contributed by atoms with Crippen LogP contribution >= 0.6 is 19.4 Å². The van der Waals surface area contributed by atoms with E-state index in [0.717, 1.165) is 74.3 Å². The molecule has 2 atom stereocenters. The Bertz CT molecular complexity index is 1520. The Labute approximate surface area is 322 Å². The van der Waals surface area contributed by atoms with Gasteiger partial charge in [0.05, 0.1) is 11.6 Å². The fourth-order valence-corrected chi connectivity index (χ4v) is 6.72. The van der Waals surface area contributed by atoms with E-state index < -0.39 is 25.6 Å². The van der Waals surface area contributed by atoms with E-state index in [-0.39, 0.29) is 23.3 Å². The van der Waals surface area contributed by atoms with Crippen LogP contribution in [-0.4, -0.2) is 71.2 Å². The highest BCUT2D eigenvalue weighted by atomic mass is 35.5. The minimum atomic E-state index is -4.20. The normalized spacial score (nSPS) is 13.2. The zero-order valence-corrected chi connectivity index (χ0v) is 34.4. The monoisotopic (exact) mass is 778 g/mol. The number of amides is 2. The molecule has 298 valence electrons. The van der Waals surface area contributed by atoms with Crippen molar-refractivity contribution in [3.63, 3.8) is 0 Å². The molecule has 1 heterocycles. The number of para-hydroxylation sites is 2. The topological polar surface area (TPSA) is 142 Å². The summed E-state index contributed by atoms with van der Waals surface area (Å²) in [4.78, 5) is 41.1. The molecule has 0 aliphatic heterocycles. The summed E-state index contributed by atoms with van der Waals surface area (Å²) in [5.41, 5.74) is 1.27. The maximum atomic E-state index is 13.1. The summed E-state index contributed by atoms with van der Waals surface area (Å²) in [7, 11) is -4.20. The van der Waals surface area contributed by atoms with Gasteiger partial charge in [-0.25, -0.2) is 9.36 Å². The van der Waals surface area contributed by atoms with Gasteiger partial charge in [0.25, 0.3) is 0 Å². The number of phosphoric ester groups is 1. The van der Waals surface area contributed by atoms with Gasteiger partial charge in [-0.15, -0.1) is 0 Å². The molecule has 0 spiro atoms. The van der Waals surface area contributed by atoms with Crippen LogP contribution in [0.15, 0.2) is 54.7 Å². The van der Waals surface area contributed by atoms with Crippen LogP contribution in [0.2, 0.25) is 5.02 Å². The summed E-state index contributed by atoms with van der Waals surface area (Å²) in [6, 6.07) is 13.6. The number of alkyl carbamates (subject to hydrolysis) is 1. The number of aromatic amines is 1. The number of phosphoric acid groups is 1. The molecule has 4 N–H and O–H groups in total. The Hall–Kier alpha value is -3.08. The minimum absolute atomic E-state index is 0.123. The van der Waals surface area contributed by atoms with Crippen molar-refractivity contribution < 1.29 is 32.8 Å². The van der Waals surface area contributed by atoms with E-state index in [0.29, 0.717) is 19.4 Å². The van der Waals surface area contributed by atoms with Gasteiger partial charge >= 0.3 is 13.9 Å². The molecule has 0 aliphatic rings. The lowest BCUT2D eigenvalue weighted by Gasteiger charge is -2.23. The number of fused-ring (bicyclic) bond motifs is 1. The lowest BCUT2D eigenvalue weighted by molar-refractivity contribution is -0.123. The first-order valence-electron chi connectivity index (χ1n) is 19.2. The molecule has 0 bridgehead atoms. The number of nitrogens with one attached hydrogen (secondary N) is 3. The molecule has 0 saturated heterocycles. The number of nitrogens with zero attached hydrogens (tertiary/aromatic N) is 1. The molecule has 53 heavy (non-hydrogen) atoms. The van der Waals surface area contributed by atoms with Crippen molar-refractivity contribution >= 4 is 42.3 Å². The Balaban J connectivity index is 0.00000126. The van der Waals surface area contributed by atoms with Crippen molar-refractivity contribution in [2.45, 2.75) is 124 Å². The zero-order chi connectivity index (χ0) is 39.1. The van der Waals surface area contributed by atoms with Crippen molar-refractivity contribution in [1.82, 2.24) is 20.5 Å². The van der Waals surface area contributed by atoms with Crippen LogP contribution < -0.4 is 15.2 Å². The van der Waals surface area contributed by atoms with Crippen LogP contribution in [0.25, 0.3) is 10.9 Å². The zero-order valence-electron chi connectivity index (χ0n) is 32.8. The predicted molar refractivity (Wildman–Crippen MR) is 216 cm³/mol. The Morgan fingerprint density at radius 3 is 2.02 bits per heavy atom. The average molecular weight is 779 g/mol. The van der Waals surface area contributed by atoms with Crippen molar-refractivity contribution in [3.8, 4) is 5.75 Å². The molecular weight excluding hydrogens is 715 g/mol. The van der Waals surface area contributed by atoms with Gasteiger partial charge < -0.3 is 29.8 Å². The number of carbonyl (C=O) groups is 2. The summed E-state index contributed by atoms with van der Waals surface area (Å²) < 4.78 is 27.6. The molecule has 2 amide bonds. The fraction of sp³-hybridized carbons (Fsp3) is 0.600. The van der Waals surface area contributed by atoms with Crippen LogP contribution in [0.4, 0.5) is 4.79 Å². The second-order valence-corrected chi connectivity index (χ2v) is 15.8. The van der Waals surface area contributed by atoms with Crippen LogP contribution in [0.1, 0.15) is 111 Å². The molecule has 1 aromatic heterocycles. The third-order valence-electron chi connectivity index (χ3n) is 8.62. The number of aromatic nitrogens is 1.